The summed E-state index contributed by atoms with van der Waals surface area (Å²) in [6, 6.07) is 24.0. The molecule has 0 amide bonds. The van der Waals surface area contributed by atoms with E-state index in [1.54, 1.807) is 31.2 Å². The number of para-hydroxylation sites is 1. The lowest BCUT2D eigenvalue weighted by atomic mass is 9.79. The molecule has 1 atom stereocenters. The summed E-state index contributed by atoms with van der Waals surface area (Å²) in [6.45, 7) is 1.95. The number of hydrogen-bond donors (Lipinski definition) is 1. The van der Waals surface area contributed by atoms with Gasteiger partial charge in [-0.25, -0.2) is 9.59 Å². The van der Waals surface area contributed by atoms with Crippen molar-refractivity contribution in [3.8, 4) is 0 Å². The Morgan fingerprint density at radius 2 is 1.79 bits per heavy atom. The Hall–Kier alpha value is -3.83. The van der Waals surface area contributed by atoms with Gasteiger partial charge in [-0.15, -0.1) is 0 Å². The maximum absolute atomic E-state index is 13.3. The minimum Gasteiger partial charge on any atom is -0.463 e. The highest BCUT2D eigenvalue weighted by Crippen LogP contribution is 2.46. The number of hydrogen-bond acceptors (Lipinski definition) is 5. The summed E-state index contributed by atoms with van der Waals surface area (Å²) in [5.41, 5.74) is 3.32. The molecule has 0 spiro atoms. The van der Waals surface area contributed by atoms with Crippen LogP contribution in [0.3, 0.4) is 0 Å². The quantitative estimate of drug-likeness (QED) is 0.301. The van der Waals surface area contributed by atoms with Gasteiger partial charge in [-0.3, -0.25) is 0 Å². The highest BCUT2D eigenvalue weighted by atomic mass is 35.5. The molecule has 0 bridgehead atoms. The molecular formula is C27H20ClNO4. The summed E-state index contributed by atoms with van der Waals surface area (Å²) >= 11 is 6.32. The van der Waals surface area contributed by atoms with Crippen LogP contribution in [0, 0.1) is 0 Å². The van der Waals surface area contributed by atoms with Crippen molar-refractivity contribution in [2.75, 3.05) is 11.9 Å². The van der Waals surface area contributed by atoms with Gasteiger partial charge in [0, 0.05) is 10.4 Å². The Kier molecular flexibility index (Phi) is 5.48. The molecule has 0 saturated carbocycles. The molecule has 6 heteroatoms. The van der Waals surface area contributed by atoms with E-state index in [1.807, 2.05) is 54.6 Å². The fourth-order valence-corrected chi connectivity index (χ4v) is 4.52. The average molecular weight is 458 g/mol. The zero-order valence-corrected chi connectivity index (χ0v) is 18.6. The van der Waals surface area contributed by atoms with Crippen LogP contribution in [0.2, 0.25) is 5.02 Å². The van der Waals surface area contributed by atoms with E-state index in [1.165, 1.54) is 0 Å². The summed E-state index contributed by atoms with van der Waals surface area (Å²) in [5, 5.41) is 4.63. The van der Waals surface area contributed by atoms with Crippen molar-refractivity contribution in [2.24, 2.45) is 0 Å². The van der Waals surface area contributed by atoms with Crippen LogP contribution in [0.5, 0.6) is 0 Å². The number of fused-ring (bicyclic) bond motifs is 3. The first-order valence-electron chi connectivity index (χ1n) is 10.6. The van der Waals surface area contributed by atoms with E-state index in [0.29, 0.717) is 38.7 Å². The van der Waals surface area contributed by atoms with Crippen LogP contribution in [-0.2, 0) is 9.53 Å². The number of anilines is 1. The lowest BCUT2D eigenvalue weighted by Crippen LogP contribution is -2.29. The van der Waals surface area contributed by atoms with Crippen molar-refractivity contribution in [3.63, 3.8) is 0 Å². The molecular weight excluding hydrogens is 438 g/mol. The van der Waals surface area contributed by atoms with Crippen molar-refractivity contribution in [1.29, 1.82) is 0 Å². The molecule has 5 rings (SSSR count). The van der Waals surface area contributed by atoms with Gasteiger partial charge in [0.15, 0.2) is 0 Å². The molecule has 1 N–H and O–H groups in total. The summed E-state index contributed by atoms with van der Waals surface area (Å²) in [7, 11) is 0. The molecule has 4 aromatic rings. The minimum atomic E-state index is -0.727. The molecule has 2 heterocycles. The number of rotatable bonds is 4. The summed E-state index contributed by atoms with van der Waals surface area (Å²) < 4.78 is 11.1. The predicted octanol–water partition coefficient (Wildman–Crippen LogP) is 5.98. The van der Waals surface area contributed by atoms with Crippen LogP contribution in [0.4, 0.5) is 5.69 Å². The number of carbonyl (C=O) groups excluding carboxylic acids is 1. The van der Waals surface area contributed by atoms with Gasteiger partial charge in [0.2, 0.25) is 0 Å². The van der Waals surface area contributed by atoms with Crippen LogP contribution >= 0.6 is 11.6 Å². The van der Waals surface area contributed by atoms with Gasteiger partial charge in [0.05, 0.1) is 35.0 Å². The van der Waals surface area contributed by atoms with Crippen molar-refractivity contribution < 1.29 is 13.9 Å². The Balaban J connectivity index is 1.90. The Morgan fingerprint density at radius 3 is 2.55 bits per heavy atom. The molecule has 0 aliphatic carbocycles. The van der Waals surface area contributed by atoms with E-state index < -0.39 is 17.5 Å². The predicted molar refractivity (Wildman–Crippen MR) is 129 cm³/mol. The molecule has 33 heavy (non-hydrogen) atoms. The monoisotopic (exact) mass is 457 g/mol. The third-order valence-electron chi connectivity index (χ3n) is 5.68. The largest absolute Gasteiger partial charge is 0.463 e. The zero-order valence-electron chi connectivity index (χ0n) is 17.8. The number of nitrogens with one attached hydrogen (secondary N) is 1. The van der Waals surface area contributed by atoms with Gasteiger partial charge in [-0.2, -0.15) is 0 Å². The number of halogens is 1. The summed E-state index contributed by atoms with van der Waals surface area (Å²) in [4.78, 5) is 26.7. The van der Waals surface area contributed by atoms with E-state index >= 15 is 0 Å². The summed E-state index contributed by atoms with van der Waals surface area (Å²) in [6.07, 6.45) is 0. The van der Waals surface area contributed by atoms with Crippen LogP contribution < -0.4 is 10.9 Å². The third kappa shape index (κ3) is 3.70. The Bertz CT molecular complexity index is 1460. The molecule has 1 aliphatic rings. The smallest absolute Gasteiger partial charge is 0.342 e. The first-order chi connectivity index (χ1) is 16.1. The van der Waals surface area contributed by atoms with E-state index in [4.69, 9.17) is 20.8 Å². The highest BCUT2D eigenvalue weighted by molar-refractivity contribution is 6.30. The fraction of sp³-hybridized carbons (Fsp3) is 0.111. The number of ether oxygens (including phenoxy) is 1. The zero-order chi connectivity index (χ0) is 22.9. The third-order valence-corrected chi connectivity index (χ3v) is 5.92. The van der Waals surface area contributed by atoms with E-state index in [-0.39, 0.29) is 6.61 Å². The van der Waals surface area contributed by atoms with Gasteiger partial charge < -0.3 is 14.5 Å². The van der Waals surface area contributed by atoms with Gasteiger partial charge in [0.1, 0.15) is 5.58 Å². The van der Waals surface area contributed by atoms with Gasteiger partial charge >= 0.3 is 11.6 Å². The maximum atomic E-state index is 13.3. The fourth-order valence-electron chi connectivity index (χ4n) is 4.32. The highest BCUT2D eigenvalue weighted by Gasteiger charge is 2.38. The average Bonchev–Trinajstić information content (AvgIpc) is 2.83. The van der Waals surface area contributed by atoms with Gasteiger partial charge in [-0.05, 0) is 42.3 Å². The SMILES string of the molecule is CCOC(=O)C1=C(c2ccccc2)Nc2c(c(=O)oc3ccccc23)C1c1cccc(Cl)c1. The van der Waals surface area contributed by atoms with Crippen molar-refractivity contribution >= 4 is 39.9 Å². The maximum Gasteiger partial charge on any atom is 0.342 e. The van der Waals surface area contributed by atoms with Gasteiger partial charge in [0.25, 0.3) is 0 Å². The normalized spacial score (nSPS) is 15.2. The van der Waals surface area contributed by atoms with Crippen LogP contribution in [0.15, 0.2) is 93.6 Å². The topological polar surface area (TPSA) is 68.5 Å². The second kappa shape index (κ2) is 8.60. The molecule has 5 nitrogen and oxygen atoms in total. The molecule has 3 aromatic carbocycles. The van der Waals surface area contributed by atoms with Gasteiger partial charge in [-0.1, -0.05) is 66.2 Å². The summed E-state index contributed by atoms with van der Waals surface area (Å²) in [5.74, 6) is -1.23. The molecule has 164 valence electrons. The van der Waals surface area contributed by atoms with Crippen LogP contribution in [-0.4, -0.2) is 12.6 Å². The molecule has 1 aliphatic heterocycles. The standard InChI is InChI=1S/C27H20ClNO4/c1-2-32-26(30)22-21(17-11-8-12-18(28)15-17)23-25(29-24(22)16-9-4-3-5-10-16)19-13-6-7-14-20(19)33-27(23)31/h3-15,21,29H,2H2,1H3. The number of carbonyl (C=O) groups is 1. The van der Waals surface area contributed by atoms with E-state index in [2.05, 4.69) is 5.32 Å². The lowest BCUT2D eigenvalue weighted by molar-refractivity contribution is -0.138. The number of benzene rings is 3. The lowest BCUT2D eigenvalue weighted by Gasteiger charge is -2.31. The molecule has 0 radical (unpaired) electrons. The van der Waals surface area contributed by atoms with E-state index in [9.17, 15) is 9.59 Å². The molecule has 1 unspecified atom stereocenters. The number of esters is 1. The molecule has 0 saturated heterocycles. The Labute approximate surface area is 195 Å². The molecule has 0 fully saturated rings. The first-order valence-corrected chi connectivity index (χ1v) is 11.0. The van der Waals surface area contributed by atoms with Crippen molar-refractivity contribution in [3.05, 3.63) is 117 Å². The molecule has 1 aromatic heterocycles. The van der Waals surface area contributed by atoms with Crippen molar-refractivity contribution in [1.82, 2.24) is 0 Å². The first kappa shape index (κ1) is 21.0. The van der Waals surface area contributed by atoms with Crippen molar-refractivity contribution in [2.45, 2.75) is 12.8 Å². The van der Waals surface area contributed by atoms with Crippen LogP contribution in [0.25, 0.3) is 16.7 Å². The van der Waals surface area contributed by atoms with E-state index in [0.717, 1.165) is 10.9 Å². The Morgan fingerprint density at radius 1 is 1.03 bits per heavy atom. The van der Waals surface area contributed by atoms with Crippen LogP contribution in [0.1, 0.15) is 29.5 Å². The second-order valence-corrected chi connectivity index (χ2v) is 8.10. The second-order valence-electron chi connectivity index (χ2n) is 7.66. The minimum absolute atomic E-state index is 0.200.